The van der Waals surface area contributed by atoms with Gasteiger partial charge in [-0.3, -0.25) is 0 Å². The highest BCUT2D eigenvalue weighted by Crippen LogP contribution is 2.05. The van der Waals surface area contributed by atoms with Crippen molar-refractivity contribution in [1.29, 1.82) is 0 Å². The van der Waals surface area contributed by atoms with Crippen LogP contribution in [0.25, 0.3) is 6.08 Å². The van der Waals surface area contributed by atoms with Crippen molar-refractivity contribution in [3.8, 4) is 0 Å². The maximum Gasteiger partial charge on any atom is 0.262 e. The van der Waals surface area contributed by atoms with E-state index in [4.69, 9.17) is 4.84 Å². The van der Waals surface area contributed by atoms with E-state index >= 15 is 0 Å². The van der Waals surface area contributed by atoms with Crippen LogP contribution in [0, 0.1) is 0 Å². The summed E-state index contributed by atoms with van der Waals surface area (Å²) in [6.07, 6.45) is 1.60. The van der Waals surface area contributed by atoms with Crippen molar-refractivity contribution in [3.05, 3.63) is 30.1 Å². The van der Waals surface area contributed by atoms with Gasteiger partial charge in [0.2, 0.25) is 0 Å². The highest BCUT2D eigenvalue weighted by atomic mass is 16.7. The van der Waals surface area contributed by atoms with Crippen LogP contribution in [0.4, 0.5) is 0 Å². The lowest BCUT2D eigenvalue weighted by atomic mass is 10.3. The Morgan fingerprint density at radius 1 is 1.50 bits per heavy atom. The quantitative estimate of drug-likeness (QED) is 0.747. The van der Waals surface area contributed by atoms with Gasteiger partial charge in [-0.2, -0.15) is 5.10 Å². The molecule has 1 aromatic heterocycles. The van der Waals surface area contributed by atoms with E-state index in [1.165, 1.54) is 0 Å². The number of hydrogen-bond acceptors (Lipinski definition) is 5. The summed E-state index contributed by atoms with van der Waals surface area (Å²) in [7, 11) is 0. The highest BCUT2D eigenvalue weighted by molar-refractivity contribution is 5.92. The Bertz CT molecular complexity index is 371. The lowest BCUT2D eigenvalue weighted by molar-refractivity contribution is 0.185. The molecule has 0 spiro atoms. The number of aliphatic imine (C=N–C) groups is 1. The van der Waals surface area contributed by atoms with E-state index in [0.29, 0.717) is 11.6 Å². The fourth-order valence-corrected chi connectivity index (χ4v) is 1.05. The predicted octanol–water partition coefficient (Wildman–Crippen LogP) is 0.747. The van der Waals surface area contributed by atoms with E-state index < -0.39 is 0 Å². The highest BCUT2D eigenvalue weighted by Gasteiger charge is 2.16. The molecular weight excluding hydrogens is 180 g/mol. The Hall–Kier alpha value is -1.75. The number of hydroxylamine groups is 1. The second-order valence-electron chi connectivity index (χ2n) is 2.88. The van der Waals surface area contributed by atoms with Crippen LogP contribution in [-0.2, 0) is 4.84 Å². The van der Waals surface area contributed by atoms with Crippen LogP contribution in [0.15, 0.2) is 23.7 Å². The van der Waals surface area contributed by atoms with Gasteiger partial charge in [-0.15, -0.1) is 10.6 Å². The van der Waals surface area contributed by atoms with Gasteiger partial charge >= 0.3 is 0 Å². The number of hydrogen-bond donors (Lipinski definition) is 1. The molecule has 0 bridgehead atoms. The van der Waals surface area contributed by atoms with E-state index in [2.05, 4.69) is 27.2 Å². The molecule has 5 nitrogen and oxygen atoms in total. The van der Waals surface area contributed by atoms with Crippen LogP contribution in [0.5, 0.6) is 0 Å². The van der Waals surface area contributed by atoms with Crippen LogP contribution in [0.1, 0.15) is 18.3 Å². The second-order valence-corrected chi connectivity index (χ2v) is 2.88. The molecule has 72 valence electrons. The van der Waals surface area contributed by atoms with Crippen molar-refractivity contribution in [2.24, 2.45) is 4.99 Å². The van der Waals surface area contributed by atoms with Gasteiger partial charge in [-0.05, 0) is 25.1 Å². The van der Waals surface area contributed by atoms with Crippen molar-refractivity contribution >= 4 is 12.0 Å². The van der Waals surface area contributed by atoms with Crippen LogP contribution < -0.4 is 5.48 Å². The van der Waals surface area contributed by atoms with E-state index in [1.54, 1.807) is 12.1 Å². The molecular formula is C9H10N4O. The normalized spacial score (nSPS) is 20.1. The number of nitrogens with one attached hydrogen (secondary N) is 1. The van der Waals surface area contributed by atoms with Gasteiger partial charge in [0.25, 0.3) is 5.90 Å². The first-order valence-corrected chi connectivity index (χ1v) is 4.26. The predicted molar refractivity (Wildman–Crippen MR) is 52.3 cm³/mol. The molecule has 14 heavy (non-hydrogen) atoms. The smallest absolute Gasteiger partial charge is 0.262 e. The minimum absolute atomic E-state index is 0.0362. The maximum absolute atomic E-state index is 5.10. The van der Waals surface area contributed by atoms with E-state index in [0.717, 1.165) is 5.69 Å². The zero-order valence-corrected chi connectivity index (χ0v) is 7.77. The van der Waals surface area contributed by atoms with Crippen LogP contribution >= 0.6 is 0 Å². The molecule has 0 radical (unpaired) electrons. The van der Waals surface area contributed by atoms with Crippen molar-refractivity contribution in [2.75, 3.05) is 0 Å². The van der Waals surface area contributed by atoms with Gasteiger partial charge in [-0.1, -0.05) is 6.58 Å². The Morgan fingerprint density at radius 2 is 2.36 bits per heavy atom. The number of rotatable bonds is 2. The molecule has 0 saturated carbocycles. The molecule has 0 saturated heterocycles. The number of aromatic nitrogens is 2. The molecule has 0 aromatic carbocycles. The van der Waals surface area contributed by atoms with Crippen molar-refractivity contribution in [2.45, 2.75) is 13.1 Å². The molecule has 0 aliphatic carbocycles. The SMILES string of the molecule is C=Cc1ccc(C2=NC(C)NO2)nn1. The molecule has 1 aliphatic rings. The Morgan fingerprint density at radius 3 is 2.86 bits per heavy atom. The standard InChI is InChI=1S/C9H10N4O/c1-3-7-4-5-8(12-11-7)9-10-6(2)13-14-9/h3-6,13H,1H2,2H3. The fraction of sp³-hybridized carbons (Fsp3) is 0.222. The summed E-state index contributed by atoms with van der Waals surface area (Å²) in [5.74, 6) is 0.473. The summed E-state index contributed by atoms with van der Waals surface area (Å²) in [4.78, 5) is 9.27. The lowest BCUT2D eigenvalue weighted by Crippen LogP contribution is -2.18. The first-order chi connectivity index (χ1) is 6.79. The van der Waals surface area contributed by atoms with Crippen LogP contribution in [-0.4, -0.2) is 22.3 Å². The average Bonchev–Trinajstić information content (AvgIpc) is 2.65. The molecule has 2 heterocycles. The minimum Gasteiger partial charge on any atom is -0.384 e. The zero-order valence-electron chi connectivity index (χ0n) is 7.77. The lowest BCUT2D eigenvalue weighted by Gasteiger charge is -1.98. The summed E-state index contributed by atoms with van der Waals surface area (Å²) in [5.41, 5.74) is 4.05. The summed E-state index contributed by atoms with van der Waals surface area (Å²) in [6, 6.07) is 3.60. The Kier molecular flexibility index (Phi) is 2.24. The molecule has 5 heteroatoms. The summed E-state index contributed by atoms with van der Waals surface area (Å²) in [5, 5.41) is 7.86. The largest absolute Gasteiger partial charge is 0.384 e. The molecule has 1 aliphatic heterocycles. The van der Waals surface area contributed by atoms with Crippen molar-refractivity contribution in [3.63, 3.8) is 0 Å². The van der Waals surface area contributed by atoms with E-state index in [-0.39, 0.29) is 6.17 Å². The number of nitrogens with zero attached hydrogens (tertiary/aromatic N) is 3. The molecule has 0 amide bonds. The maximum atomic E-state index is 5.10. The fourth-order valence-electron chi connectivity index (χ4n) is 1.05. The van der Waals surface area contributed by atoms with Crippen LogP contribution in [0.2, 0.25) is 0 Å². The van der Waals surface area contributed by atoms with Crippen molar-refractivity contribution in [1.82, 2.24) is 15.7 Å². The Balaban J connectivity index is 2.25. The Labute approximate surface area is 81.5 Å². The third-order valence-electron chi connectivity index (χ3n) is 1.75. The van der Waals surface area contributed by atoms with Crippen LogP contribution in [0.3, 0.4) is 0 Å². The first-order valence-electron chi connectivity index (χ1n) is 4.26. The van der Waals surface area contributed by atoms with Gasteiger partial charge in [0.05, 0.1) is 5.69 Å². The summed E-state index contributed by atoms with van der Waals surface area (Å²) < 4.78 is 0. The topological polar surface area (TPSA) is 59.4 Å². The van der Waals surface area contributed by atoms with Gasteiger partial charge < -0.3 is 4.84 Å². The molecule has 0 fully saturated rings. The molecule has 1 unspecified atom stereocenters. The second kappa shape index (κ2) is 3.55. The van der Waals surface area contributed by atoms with Gasteiger partial charge in [-0.25, -0.2) is 4.99 Å². The molecule has 1 aromatic rings. The summed E-state index contributed by atoms with van der Waals surface area (Å²) in [6.45, 7) is 5.48. The third-order valence-corrected chi connectivity index (χ3v) is 1.75. The monoisotopic (exact) mass is 190 g/mol. The van der Waals surface area contributed by atoms with E-state index in [1.807, 2.05) is 13.0 Å². The molecule has 1 N–H and O–H groups in total. The molecule has 2 rings (SSSR count). The van der Waals surface area contributed by atoms with Gasteiger partial charge in [0.1, 0.15) is 11.9 Å². The summed E-state index contributed by atoms with van der Waals surface area (Å²) >= 11 is 0. The minimum atomic E-state index is -0.0362. The van der Waals surface area contributed by atoms with Gasteiger partial charge in [0, 0.05) is 0 Å². The van der Waals surface area contributed by atoms with E-state index in [9.17, 15) is 0 Å². The zero-order chi connectivity index (χ0) is 9.97. The third kappa shape index (κ3) is 1.62. The first kappa shape index (κ1) is 8.83. The van der Waals surface area contributed by atoms with Crippen molar-refractivity contribution < 1.29 is 4.84 Å². The van der Waals surface area contributed by atoms with Gasteiger partial charge in [0.15, 0.2) is 0 Å². The average molecular weight is 190 g/mol. The molecule has 1 atom stereocenters.